The highest BCUT2D eigenvalue weighted by molar-refractivity contribution is 5.82. The summed E-state index contributed by atoms with van der Waals surface area (Å²) in [5.74, 6) is -1.06. The van der Waals surface area contributed by atoms with E-state index in [1.54, 1.807) is 0 Å². The minimum atomic E-state index is -1.06. The summed E-state index contributed by atoms with van der Waals surface area (Å²) in [5.41, 5.74) is 2.06. The Bertz CT molecular complexity index is 456. The molecule has 7 heteroatoms. The second-order valence-corrected chi connectivity index (χ2v) is 4.46. The molecule has 7 nitrogen and oxygen atoms in total. The van der Waals surface area contributed by atoms with Crippen LogP contribution in [-0.2, 0) is 11.3 Å². The summed E-state index contributed by atoms with van der Waals surface area (Å²) in [6.45, 7) is 6.51. The Morgan fingerprint density at radius 3 is 2.68 bits per heavy atom. The van der Waals surface area contributed by atoms with E-state index in [-0.39, 0.29) is 0 Å². The number of carbonyl (C=O) groups is 2. The number of nitrogens with zero attached hydrogens (tertiary/aromatic N) is 2. The molecular weight excluding hydrogens is 248 g/mol. The third-order valence-corrected chi connectivity index (χ3v) is 2.65. The Morgan fingerprint density at radius 2 is 2.16 bits per heavy atom. The molecule has 1 aromatic heterocycles. The van der Waals surface area contributed by atoms with Gasteiger partial charge in [0, 0.05) is 18.8 Å². The molecule has 0 aliphatic heterocycles. The lowest BCUT2D eigenvalue weighted by Crippen LogP contribution is -2.44. The first kappa shape index (κ1) is 15.0. The van der Waals surface area contributed by atoms with E-state index in [1.807, 2.05) is 24.6 Å². The number of rotatable bonds is 6. The maximum absolute atomic E-state index is 11.3. The molecule has 1 atom stereocenters. The zero-order valence-corrected chi connectivity index (χ0v) is 11.4. The van der Waals surface area contributed by atoms with E-state index in [1.165, 1.54) is 6.92 Å². The van der Waals surface area contributed by atoms with E-state index in [0.29, 0.717) is 13.1 Å². The lowest BCUT2D eigenvalue weighted by atomic mass is 10.3. The first-order chi connectivity index (χ1) is 8.90. The minimum Gasteiger partial charge on any atom is -0.480 e. The molecule has 19 heavy (non-hydrogen) atoms. The van der Waals surface area contributed by atoms with Gasteiger partial charge in [-0.15, -0.1) is 0 Å². The fourth-order valence-electron chi connectivity index (χ4n) is 1.64. The van der Waals surface area contributed by atoms with Gasteiger partial charge in [0.1, 0.15) is 6.04 Å². The largest absolute Gasteiger partial charge is 0.480 e. The highest BCUT2D eigenvalue weighted by Gasteiger charge is 2.12. The van der Waals surface area contributed by atoms with Crippen LogP contribution in [0, 0.1) is 13.8 Å². The Morgan fingerprint density at radius 1 is 1.47 bits per heavy atom. The molecule has 0 spiro atoms. The lowest BCUT2D eigenvalue weighted by molar-refractivity contribution is -0.138. The van der Waals surface area contributed by atoms with E-state index in [4.69, 9.17) is 5.11 Å². The fourth-order valence-corrected chi connectivity index (χ4v) is 1.64. The van der Waals surface area contributed by atoms with Gasteiger partial charge in [-0.2, -0.15) is 5.10 Å². The predicted octanol–water partition coefficient (Wildman–Crippen LogP) is 0.662. The number of carboxylic acid groups (broad SMARTS) is 1. The highest BCUT2D eigenvalue weighted by atomic mass is 16.4. The van der Waals surface area contributed by atoms with Gasteiger partial charge < -0.3 is 15.7 Å². The number of amides is 2. The Kier molecular flexibility index (Phi) is 5.35. The van der Waals surface area contributed by atoms with Gasteiger partial charge in [0.15, 0.2) is 0 Å². The van der Waals surface area contributed by atoms with Gasteiger partial charge in [-0.05, 0) is 33.3 Å². The van der Waals surface area contributed by atoms with Crippen LogP contribution in [0.25, 0.3) is 0 Å². The first-order valence-corrected chi connectivity index (χ1v) is 6.18. The summed E-state index contributed by atoms with van der Waals surface area (Å²) in [4.78, 5) is 21.9. The van der Waals surface area contributed by atoms with Crippen molar-refractivity contribution in [2.45, 2.75) is 39.8 Å². The first-order valence-electron chi connectivity index (χ1n) is 6.18. The SMILES string of the molecule is Cc1cc(C)n(CCCNC(=O)N[C@H](C)C(=O)O)n1. The molecule has 1 aromatic rings. The maximum Gasteiger partial charge on any atom is 0.325 e. The standard InChI is InChI=1S/C12H20N4O3/c1-8-7-9(2)16(15-8)6-4-5-13-12(19)14-10(3)11(17)18/h7,10H,4-6H2,1-3H3,(H,17,18)(H2,13,14,19)/t10-/m1/s1. The zero-order chi connectivity index (χ0) is 14.4. The monoisotopic (exact) mass is 268 g/mol. The fraction of sp³-hybridized carbons (Fsp3) is 0.583. The number of aromatic nitrogens is 2. The van der Waals surface area contributed by atoms with E-state index in [0.717, 1.165) is 17.8 Å². The third-order valence-electron chi connectivity index (χ3n) is 2.65. The average Bonchev–Trinajstić information content (AvgIpc) is 2.63. The molecule has 0 aliphatic rings. The van der Waals surface area contributed by atoms with Crippen LogP contribution in [-0.4, -0.2) is 39.5 Å². The maximum atomic E-state index is 11.3. The molecule has 0 saturated heterocycles. The molecule has 0 radical (unpaired) electrons. The van der Waals surface area contributed by atoms with Crippen molar-refractivity contribution < 1.29 is 14.7 Å². The number of aryl methyl sites for hydroxylation is 3. The molecule has 0 bridgehead atoms. The number of hydrogen-bond donors (Lipinski definition) is 3. The van der Waals surface area contributed by atoms with E-state index < -0.39 is 18.0 Å². The predicted molar refractivity (Wildman–Crippen MR) is 70.0 cm³/mol. The normalized spacial score (nSPS) is 11.9. The van der Waals surface area contributed by atoms with Crippen molar-refractivity contribution in [3.63, 3.8) is 0 Å². The Hall–Kier alpha value is -2.05. The molecule has 0 unspecified atom stereocenters. The summed E-state index contributed by atoms with van der Waals surface area (Å²) in [7, 11) is 0. The number of carbonyl (C=O) groups excluding carboxylic acids is 1. The Labute approximate surface area is 112 Å². The summed E-state index contributed by atoms with van der Waals surface area (Å²) >= 11 is 0. The van der Waals surface area contributed by atoms with Crippen molar-refractivity contribution in [2.24, 2.45) is 0 Å². The quantitative estimate of drug-likeness (QED) is 0.660. The molecule has 0 saturated carbocycles. The molecule has 3 N–H and O–H groups in total. The lowest BCUT2D eigenvalue weighted by Gasteiger charge is -2.10. The van der Waals surface area contributed by atoms with Crippen LogP contribution in [0.1, 0.15) is 24.7 Å². The molecule has 0 aliphatic carbocycles. The average molecular weight is 268 g/mol. The molecule has 0 aromatic carbocycles. The molecule has 1 heterocycles. The van der Waals surface area contributed by atoms with Crippen LogP contribution in [0.2, 0.25) is 0 Å². The Balaban J connectivity index is 2.22. The summed E-state index contributed by atoms with van der Waals surface area (Å²) < 4.78 is 1.88. The van der Waals surface area contributed by atoms with Crippen LogP contribution < -0.4 is 10.6 Å². The second-order valence-electron chi connectivity index (χ2n) is 4.46. The molecule has 2 amide bonds. The van der Waals surface area contributed by atoms with E-state index in [2.05, 4.69) is 15.7 Å². The zero-order valence-electron chi connectivity index (χ0n) is 11.4. The summed E-state index contributed by atoms with van der Waals surface area (Å²) in [6.07, 6.45) is 0.733. The smallest absolute Gasteiger partial charge is 0.325 e. The van der Waals surface area contributed by atoms with Crippen molar-refractivity contribution in [3.8, 4) is 0 Å². The van der Waals surface area contributed by atoms with Gasteiger partial charge in [-0.25, -0.2) is 4.79 Å². The van der Waals surface area contributed by atoms with Crippen molar-refractivity contribution in [2.75, 3.05) is 6.54 Å². The molecular formula is C12H20N4O3. The highest BCUT2D eigenvalue weighted by Crippen LogP contribution is 2.02. The van der Waals surface area contributed by atoms with Gasteiger partial charge in [0.05, 0.1) is 5.69 Å². The second kappa shape index (κ2) is 6.77. The number of aliphatic carboxylic acids is 1. The number of urea groups is 1. The van der Waals surface area contributed by atoms with Crippen LogP contribution in [0.4, 0.5) is 4.79 Å². The van der Waals surface area contributed by atoms with Gasteiger partial charge in [-0.3, -0.25) is 9.48 Å². The van der Waals surface area contributed by atoms with Crippen molar-refractivity contribution >= 4 is 12.0 Å². The third kappa shape index (κ3) is 4.99. The van der Waals surface area contributed by atoms with Crippen LogP contribution in [0.3, 0.4) is 0 Å². The van der Waals surface area contributed by atoms with Crippen LogP contribution in [0.15, 0.2) is 6.07 Å². The van der Waals surface area contributed by atoms with Crippen LogP contribution >= 0.6 is 0 Å². The number of hydrogen-bond acceptors (Lipinski definition) is 3. The topological polar surface area (TPSA) is 96.2 Å². The van der Waals surface area contributed by atoms with Crippen molar-refractivity contribution in [3.05, 3.63) is 17.5 Å². The van der Waals surface area contributed by atoms with E-state index >= 15 is 0 Å². The van der Waals surface area contributed by atoms with Gasteiger partial charge in [0.2, 0.25) is 0 Å². The molecule has 0 fully saturated rings. The molecule has 106 valence electrons. The summed E-state index contributed by atoms with van der Waals surface area (Å²) in [6, 6.07) is 0.633. The molecule has 1 rings (SSSR count). The van der Waals surface area contributed by atoms with Gasteiger partial charge in [-0.1, -0.05) is 0 Å². The van der Waals surface area contributed by atoms with Crippen LogP contribution in [0.5, 0.6) is 0 Å². The van der Waals surface area contributed by atoms with Crippen molar-refractivity contribution in [1.29, 1.82) is 0 Å². The van der Waals surface area contributed by atoms with Crippen molar-refractivity contribution in [1.82, 2.24) is 20.4 Å². The number of nitrogens with one attached hydrogen (secondary N) is 2. The summed E-state index contributed by atoms with van der Waals surface area (Å²) in [5, 5.41) is 17.9. The van der Waals surface area contributed by atoms with Gasteiger partial charge in [0.25, 0.3) is 0 Å². The van der Waals surface area contributed by atoms with E-state index in [9.17, 15) is 9.59 Å². The minimum absolute atomic E-state index is 0.469. The number of carboxylic acids is 1. The van der Waals surface area contributed by atoms with Gasteiger partial charge >= 0.3 is 12.0 Å².